The van der Waals surface area contributed by atoms with E-state index in [0.29, 0.717) is 17.1 Å². The molecule has 4 rings (SSSR count). The summed E-state index contributed by atoms with van der Waals surface area (Å²) in [5.41, 5.74) is 3.15. The van der Waals surface area contributed by atoms with Gasteiger partial charge in [-0.15, -0.1) is 0 Å². The Hall–Kier alpha value is -3.96. The summed E-state index contributed by atoms with van der Waals surface area (Å²) in [6.45, 7) is 0.476. The van der Waals surface area contributed by atoms with Gasteiger partial charge in [0.1, 0.15) is 11.9 Å². The van der Waals surface area contributed by atoms with Gasteiger partial charge in [-0.3, -0.25) is 9.59 Å². The fourth-order valence-electron chi connectivity index (χ4n) is 3.98. The smallest absolute Gasteiger partial charge is 0.247 e. The molecule has 4 aromatic rings. The van der Waals surface area contributed by atoms with Crippen LogP contribution in [0.4, 0.5) is 4.39 Å². The second kappa shape index (κ2) is 12.1. The molecule has 0 aliphatic rings. The number of hydrogen-bond donors (Lipinski definition) is 1. The number of amides is 2. The van der Waals surface area contributed by atoms with E-state index >= 15 is 0 Å². The van der Waals surface area contributed by atoms with Crippen LogP contribution in [-0.4, -0.2) is 16.7 Å². The van der Waals surface area contributed by atoms with E-state index in [9.17, 15) is 14.0 Å². The maximum atomic E-state index is 13.7. The monoisotopic (exact) mass is 500 g/mol. The van der Waals surface area contributed by atoms with Crippen LogP contribution in [0.5, 0.6) is 0 Å². The first kappa shape index (κ1) is 25.1. The Morgan fingerprint density at radius 2 is 1.33 bits per heavy atom. The van der Waals surface area contributed by atoms with Gasteiger partial charge < -0.3 is 10.2 Å². The van der Waals surface area contributed by atoms with Crippen LogP contribution in [0.2, 0.25) is 5.02 Å². The van der Waals surface area contributed by atoms with Crippen LogP contribution in [0.3, 0.4) is 0 Å². The average molecular weight is 501 g/mol. The third-order valence-corrected chi connectivity index (χ3v) is 6.09. The lowest BCUT2D eigenvalue weighted by atomic mass is 10.0. The lowest BCUT2D eigenvalue weighted by Crippen LogP contribution is -2.43. The van der Waals surface area contributed by atoms with Crippen LogP contribution in [0.25, 0.3) is 0 Å². The Bertz CT molecular complexity index is 1280. The number of benzene rings is 4. The first-order chi connectivity index (χ1) is 17.5. The topological polar surface area (TPSA) is 49.4 Å². The molecule has 4 aromatic carbocycles. The minimum atomic E-state index is -0.875. The summed E-state index contributed by atoms with van der Waals surface area (Å²) in [7, 11) is 0. The van der Waals surface area contributed by atoms with Crippen molar-refractivity contribution in [3.05, 3.63) is 142 Å². The zero-order valence-electron chi connectivity index (χ0n) is 19.6. The van der Waals surface area contributed by atoms with Crippen LogP contribution in [0.15, 0.2) is 109 Å². The summed E-state index contributed by atoms with van der Waals surface area (Å²) < 4.78 is 13.6. The summed E-state index contributed by atoms with van der Waals surface area (Å²) in [4.78, 5) is 28.9. The third-order valence-electron chi connectivity index (χ3n) is 5.84. The molecule has 0 spiro atoms. The van der Waals surface area contributed by atoms with Crippen LogP contribution in [-0.2, 0) is 29.1 Å². The molecule has 0 saturated heterocycles. The molecule has 1 atom stereocenters. The highest BCUT2D eigenvalue weighted by Crippen LogP contribution is 2.25. The number of halogens is 2. The first-order valence-corrected chi connectivity index (χ1v) is 12.0. The van der Waals surface area contributed by atoms with Crippen LogP contribution < -0.4 is 5.32 Å². The molecule has 0 aliphatic heterocycles. The summed E-state index contributed by atoms with van der Waals surface area (Å²) in [6, 6.07) is 30.9. The van der Waals surface area contributed by atoms with Gasteiger partial charge in [-0.2, -0.15) is 0 Å². The Morgan fingerprint density at radius 3 is 1.97 bits per heavy atom. The summed E-state index contributed by atoms with van der Waals surface area (Å²) >= 11 is 6.01. The molecular formula is C30H26ClFN2O2. The lowest BCUT2D eigenvalue weighted by Gasteiger charge is -2.32. The van der Waals surface area contributed by atoms with Gasteiger partial charge in [0.25, 0.3) is 0 Å². The van der Waals surface area contributed by atoms with Gasteiger partial charge in [-0.25, -0.2) is 4.39 Å². The van der Waals surface area contributed by atoms with E-state index in [1.165, 1.54) is 12.1 Å². The SMILES string of the molecule is O=C(NCc1ccccc1)C(c1ccccc1)N(Cc1ccc(F)cc1)C(=O)Cc1ccc(Cl)cc1. The third kappa shape index (κ3) is 6.80. The number of nitrogens with one attached hydrogen (secondary N) is 1. The highest BCUT2D eigenvalue weighted by atomic mass is 35.5. The summed E-state index contributed by atoms with van der Waals surface area (Å²) in [6.07, 6.45) is 0.0909. The van der Waals surface area contributed by atoms with Crippen LogP contribution >= 0.6 is 11.6 Å². The second-order valence-electron chi connectivity index (χ2n) is 8.47. The Balaban J connectivity index is 1.67. The zero-order valence-corrected chi connectivity index (χ0v) is 20.4. The molecule has 0 aliphatic carbocycles. The predicted molar refractivity (Wildman–Crippen MR) is 140 cm³/mol. The molecule has 6 heteroatoms. The summed E-state index contributed by atoms with van der Waals surface area (Å²) in [5.74, 6) is -0.889. The van der Waals surface area contributed by atoms with Crippen molar-refractivity contribution < 1.29 is 14.0 Å². The number of rotatable bonds is 9. The maximum Gasteiger partial charge on any atom is 0.247 e. The largest absolute Gasteiger partial charge is 0.350 e. The van der Waals surface area contributed by atoms with Crippen molar-refractivity contribution in [3.8, 4) is 0 Å². The van der Waals surface area contributed by atoms with Crippen molar-refractivity contribution in [2.45, 2.75) is 25.6 Å². The Kier molecular flexibility index (Phi) is 8.48. The molecule has 1 N–H and O–H groups in total. The van der Waals surface area contributed by atoms with E-state index in [-0.39, 0.29) is 30.6 Å². The lowest BCUT2D eigenvalue weighted by molar-refractivity contribution is -0.141. The fraction of sp³-hybridized carbons (Fsp3) is 0.133. The maximum absolute atomic E-state index is 13.7. The van der Waals surface area contributed by atoms with Gasteiger partial charge in [0.05, 0.1) is 6.42 Å². The number of carbonyl (C=O) groups is 2. The zero-order chi connectivity index (χ0) is 25.3. The Morgan fingerprint density at radius 1 is 0.750 bits per heavy atom. The molecular weight excluding hydrogens is 475 g/mol. The molecule has 0 bridgehead atoms. The predicted octanol–water partition coefficient (Wildman–Crippen LogP) is 6.11. The fourth-order valence-corrected chi connectivity index (χ4v) is 4.10. The van der Waals surface area contributed by atoms with Gasteiger partial charge in [0, 0.05) is 18.1 Å². The molecule has 36 heavy (non-hydrogen) atoms. The normalized spacial score (nSPS) is 11.5. The minimum absolute atomic E-state index is 0.0909. The molecule has 4 nitrogen and oxygen atoms in total. The highest BCUT2D eigenvalue weighted by Gasteiger charge is 2.31. The second-order valence-corrected chi connectivity index (χ2v) is 8.90. The number of nitrogens with zero attached hydrogens (tertiary/aromatic N) is 1. The summed E-state index contributed by atoms with van der Waals surface area (Å²) in [5, 5.41) is 3.57. The quantitative estimate of drug-likeness (QED) is 0.301. The molecule has 182 valence electrons. The average Bonchev–Trinajstić information content (AvgIpc) is 2.91. The highest BCUT2D eigenvalue weighted by molar-refractivity contribution is 6.30. The standard InChI is InChI=1S/C30H26ClFN2O2/c31-26-15-11-22(12-16-26)19-28(35)34(21-24-13-17-27(32)18-14-24)29(25-9-5-2-6-10-25)30(36)33-20-23-7-3-1-4-8-23/h1-18,29H,19-21H2,(H,33,36). The number of carbonyl (C=O) groups excluding carboxylic acids is 2. The molecule has 0 saturated carbocycles. The molecule has 1 unspecified atom stereocenters. The Labute approximate surface area is 215 Å². The van der Waals surface area contributed by atoms with Gasteiger partial charge in [0.2, 0.25) is 11.8 Å². The van der Waals surface area contributed by atoms with E-state index in [4.69, 9.17) is 11.6 Å². The van der Waals surface area contributed by atoms with Crippen molar-refractivity contribution >= 4 is 23.4 Å². The van der Waals surface area contributed by atoms with E-state index in [1.807, 2.05) is 60.7 Å². The van der Waals surface area contributed by atoms with Gasteiger partial charge in [-0.1, -0.05) is 96.5 Å². The van der Waals surface area contributed by atoms with E-state index in [2.05, 4.69) is 5.32 Å². The molecule has 0 radical (unpaired) electrons. The molecule has 0 aromatic heterocycles. The van der Waals surface area contributed by atoms with Gasteiger partial charge >= 0.3 is 0 Å². The van der Waals surface area contributed by atoms with E-state index in [0.717, 1.165) is 16.7 Å². The molecule has 0 fully saturated rings. The number of hydrogen-bond acceptors (Lipinski definition) is 2. The van der Waals surface area contributed by atoms with Crippen molar-refractivity contribution in [1.82, 2.24) is 10.2 Å². The van der Waals surface area contributed by atoms with Gasteiger partial charge in [-0.05, 0) is 46.5 Å². The van der Waals surface area contributed by atoms with Crippen molar-refractivity contribution in [2.24, 2.45) is 0 Å². The van der Waals surface area contributed by atoms with Gasteiger partial charge in [0.15, 0.2) is 0 Å². The molecule has 2 amide bonds. The molecule has 0 heterocycles. The first-order valence-electron chi connectivity index (χ1n) is 11.6. The van der Waals surface area contributed by atoms with E-state index < -0.39 is 6.04 Å². The van der Waals surface area contributed by atoms with E-state index in [1.54, 1.807) is 41.3 Å². The van der Waals surface area contributed by atoms with Crippen LogP contribution in [0, 0.1) is 5.82 Å². The van der Waals surface area contributed by atoms with Crippen LogP contribution in [0.1, 0.15) is 28.3 Å². The minimum Gasteiger partial charge on any atom is -0.350 e. The van der Waals surface area contributed by atoms with Crippen molar-refractivity contribution in [1.29, 1.82) is 0 Å². The van der Waals surface area contributed by atoms with Crippen molar-refractivity contribution in [3.63, 3.8) is 0 Å². The van der Waals surface area contributed by atoms with Crippen molar-refractivity contribution in [2.75, 3.05) is 0 Å².